The van der Waals surface area contributed by atoms with Gasteiger partial charge in [-0.05, 0) is 6.92 Å². The minimum Gasteiger partial charge on any atom is -0.344 e. The Morgan fingerprint density at radius 2 is 2.09 bits per heavy atom. The van der Waals surface area contributed by atoms with Crippen LogP contribution in [0.15, 0.2) is 12.2 Å². The van der Waals surface area contributed by atoms with E-state index in [1.54, 1.807) is 17.6 Å². The van der Waals surface area contributed by atoms with Crippen molar-refractivity contribution in [2.75, 3.05) is 6.54 Å². The summed E-state index contributed by atoms with van der Waals surface area (Å²) < 4.78 is 0. The number of nitrogens with one attached hydrogen (secondary N) is 2. The third kappa shape index (κ3) is 4.10. The first-order valence-electron chi connectivity index (χ1n) is 3.12. The van der Waals surface area contributed by atoms with Crippen molar-refractivity contribution in [2.45, 2.75) is 6.92 Å². The van der Waals surface area contributed by atoms with Gasteiger partial charge in [-0.3, -0.25) is 15.0 Å². The normalized spacial score (nSPS) is 9.64. The molecule has 0 aliphatic rings. The van der Waals surface area contributed by atoms with Crippen LogP contribution in [0.5, 0.6) is 0 Å². The Morgan fingerprint density at radius 1 is 1.45 bits per heavy atom. The average molecular weight is 157 g/mol. The molecule has 0 atom stereocenters. The summed E-state index contributed by atoms with van der Waals surface area (Å²) in [6.45, 7) is 2.15. The standard InChI is InChI=1S/C6H11N3O2/c1-2-3-4-8-5(10)6(11)9-7/h2-3H,4,7H2,1H3,(H,8,10)(H,9,11)/b3-2+. The summed E-state index contributed by atoms with van der Waals surface area (Å²) in [6, 6.07) is 0. The Kier molecular flexibility index (Phi) is 4.76. The van der Waals surface area contributed by atoms with Crippen LogP contribution in [0.1, 0.15) is 6.92 Å². The number of carbonyl (C=O) groups is 2. The van der Waals surface area contributed by atoms with Gasteiger partial charge < -0.3 is 5.32 Å². The highest BCUT2D eigenvalue weighted by Crippen LogP contribution is 1.69. The number of hydrogen-bond acceptors (Lipinski definition) is 3. The Hall–Kier alpha value is -1.36. The van der Waals surface area contributed by atoms with Gasteiger partial charge >= 0.3 is 11.8 Å². The monoisotopic (exact) mass is 157 g/mol. The topological polar surface area (TPSA) is 84.2 Å². The summed E-state index contributed by atoms with van der Waals surface area (Å²) in [7, 11) is 0. The summed E-state index contributed by atoms with van der Waals surface area (Å²) in [5.74, 6) is 3.13. The highest BCUT2D eigenvalue weighted by Gasteiger charge is 2.08. The number of rotatable bonds is 2. The Morgan fingerprint density at radius 3 is 2.55 bits per heavy atom. The van der Waals surface area contributed by atoms with Gasteiger partial charge in [-0.1, -0.05) is 12.2 Å². The Labute approximate surface area is 64.6 Å². The summed E-state index contributed by atoms with van der Waals surface area (Å²) >= 11 is 0. The number of nitrogens with two attached hydrogens (primary N) is 1. The van der Waals surface area contributed by atoms with E-state index < -0.39 is 11.8 Å². The van der Waals surface area contributed by atoms with Gasteiger partial charge in [0.25, 0.3) is 0 Å². The molecule has 0 rings (SSSR count). The van der Waals surface area contributed by atoms with E-state index in [-0.39, 0.29) is 0 Å². The largest absolute Gasteiger partial charge is 0.344 e. The second-order valence-corrected chi connectivity index (χ2v) is 1.75. The molecule has 62 valence electrons. The second kappa shape index (κ2) is 5.43. The predicted molar refractivity (Wildman–Crippen MR) is 40.2 cm³/mol. The van der Waals surface area contributed by atoms with E-state index >= 15 is 0 Å². The first-order chi connectivity index (χ1) is 5.22. The van der Waals surface area contributed by atoms with Gasteiger partial charge in [-0.2, -0.15) is 0 Å². The van der Waals surface area contributed by atoms with E-state index in [2.05, 4.69) is 5.32 Å². The second-order valence-electron chi connectivity index (χ2n) is 1.75. The van der Waals surface area contributed by atoms with Gasteiger partial charge in [0, 0.05) is 6.54 Å². The van der Waals surface area contributed by atoms with Crippen LogP contribution in [0.3, 0.4) is 0 Å². The molecular formula is C6H11N3O2. The summed E-state index contributed by atoms with van der Waals surface area (Å²) in [5.41, 5.74) is 1.72. The van der Waals surface area contributed by atoms with E-state index in [9.17, 15) is 9.59 Å². The molecular weight excluding hydrogens is 146 g/mol. The van der Waals surface area contributed by atoms with Crippen molar-refractivity contribution in [3.63, 3.8) is 0 Å². The molecule has 5 heteroatoms. The maximum absolute atomic E-state index is 10.6. The molecule has 2 amide bonds. The molecule has 0 heterocycles. The SMILES string of the molecule is C/C=C/CNC(=O)C(=O)NN. The lowest BCUT2D eigenvalue weighted by Crippen LogP contribution is -2.43. The smallest absolute Gasteiger partial charge is 0.323 e. The molecule has 0 saturated heterocycles. The maximum atomic E-state index is 10.6. The van der Waals surface area contributed by atoms with Crippen LogP contribution in [0.2, 0.25) is 0 Å². The molecule has 0 aromatic rings. The number of hydrogen-bond donors (Lipinski definition) is 3. The molecule has 4 N–H and O–H groups in total. The zero-order chi connectivity index (χ0) is 8.69. The highest BCUT2D eigenvalue weighted by molar-refractivity contribution is 6.34. The van der Waals surface area contributed by atoms with Gasteiger partial charge in [-0.15, -0.1) is 0 Å². The quantitative estimate of drug-likeness (QED) is 0.153. The van der Waals surface area contributed by atoms with Crippen molar-refractivity contribution in [2.24, 2.45) is 5.84 Å². The fourth-order valence-electron chi connectivity index (χ4n) is 0.415. The van der Waals surface area contributed by atoms with E-state index in [4.69, 9.17) is 5.84 Å². The first-order valence-corrected chi connectivity index (χ1v) is 3.12. The van der Waals surface area contributed by atoms with Gasteiger partial charge in [-0.25, -0.2) is 5.84 Å². The molecule has 0 spiro atoms. The predicted octanol–water partition coefficient (Wildman–Crippen LogP) is -1.33. The van der Waals surface area contributed by atoms with Crippen LogP contribution >= 0.6 is 0 Å². The van der Waals surface area contributed by atoms with Crippen LogP contribution in [-0.2, 0) is 9.59 Å². The third-order valence-electron chi connectivity index (χ3n) is 0.953. The highest BCUT2D eigenvalue weighted by atomic mass is 16.2. The number of carbonyl (C=O) groups excluding carboxylic acids is 2. The molecule has 0 unspecified atom stereocenters. The molecule has 0 saturated carbocycles. The van der Waals surface area contributed by atoms with Gasteiger partial charge in [0.2, 0.25) is 0 Å². The van der Waals surface area contributed by atoms with Crippen molar-refractivity contribution in [3.8, 4) is 0 Å². The Bertz CT molecular complexity index is 177. The van der Waals surface area contributed by atoms with Crippen LogP contribution in [0.4, 0.5) is 0 Å². The Balaban J connectivity index is 3.61. The molecule has 0 aliphatic heterocycles. The molecule has 0 bridgehead atoms. The summed E-state index contributed by atoms with van der Waals surface area (Å²) in [4.78, 5) is 21.0. The van der Waals surface area contributed by atoms with Gasteiger partial charge in [0.1, 0.15) is 0 Å². The molecule has 0 aliphatic carbocycles. The molecule has 0 fully saturated rings. The first kappa shape index (κ1) is 9.64. The molecule has 0 aromatic carbocycles. The average Bonchev–Trinajstić information content (AvgIpc) is 2.03. The molecule has 5 nitrogen and oxygen atoms in total. The molecule has 11 heavy (non-hydrogen) atoms. The lowest BCUT2D eigenvalue weighted by atomic mass is 10.5. The van der Waals surface area contributed by atoms with Crippen LogP contribution in [0, 0.1) is 0 Å². The van der Waals surface area contributed by atoms with Crippen LogP contribution < -0.4 is 16.6 Å². The number of amides is 2. The lowest BCUT2D eigenvalue weighted by molar-refractivity contribution is -0.139. The van der Waals surface area contributed by atoms with Crippen LogP contribution in [0.25, 0.3) is 0 Å². The van der Waals surface area contributed by atoms with Crippen molar-refractivity contribution in [1.29, 1.82) is 0 Å². The minimum absolute atomic E-state index is 0.336. The van der Waals surface area contributed by atoms with Crippen molar-refractivity contribution >= 4 is 11.8 Å². The zero-order valence-electron chi connectivity index (χ0n) is 6.26. The van der Waals surface area contributed by atoms with E-state index in [1.807, 2.05) is 6.92 Å². The van der Waals surface area contributed by atoms with E-state index in [0.717, 1.165) is 0 Å². The van der Waals surface area contributed by atoms with Crippen molar-refractivity contribution in [3.05, 3.63) is 12.2 Å². The molecule has 0 aromatic heterocycles. The third-order valence-corrected chi connectivity index (χ3v) is 0.953. The van der Waals surface area contributed by atoms with Gasteiger partial charge in [0.05, 0.1) is 0 Å². The van der Waals surface area contributed by atoms with E-state index in [1.165, 1.54) is 0 Å². The van der Waals surface area contributed by atoms with E-state index in [0.29, 0.717) is 6.54 Å². The molecule has 0 radical (unpaired) electrons. The van der Waals surface area contributed by atoms with Crippen LogP contribution in [-0.4, -0.2) is 18.4 Å². The lowest BCUT2D eigenvalue weighted by Gasteiger charge is -1.98. The number of hydrazine groups is 1. The zero-order valence-corrected chi connectivity index (χ0v) is 6.26. The summed E-state index contributed by atoms with van der Waals surface area (Å²) in [5, 5.41) is 2.32. The maximum Gasteiger partial charge on any atom is 0.323 e. The minimum atomic E-state index is -0.838. The van der Waals surface area contributed by atoms with Crippen molar-refractivity contribution < 1.29 is 9.59 Å². The number of allylic oxidation sites excluding steroid dienone is 1. The summed E-state index contributed by atoms with van der Waals surface area (Å²) in [6.07, 6.45) is 3.47. The fraction of sp³-hybridized carbons (Fsp3) is 0.333. The fourth-order valence-corrected chi connectivity index (χ4v) is 0.415. The van der Waals surface area contributed by atoms with Crippen molar-refractivity contribution in [1.82, 2.24) is 10.7 Å². The van der Waals surface area contributed by atoms with Gasteiger partial charge in [0.15, 0.2) is 0 Å².